The number of carbonyl (C=O) groups is 1. The van der Waals surface area contributed by atoms with Crippen LogP contribution >= 0.6 is 11.3 Å². The smallest absolute Gasteiger partial charge is 0.312 e. The van der Waals surface area contributed by atoms with Crippen LogP contribution in [-0.4, -0.2) is 17.6 Å². The lowest BCUT2D eigenvalue weighted by Crippen LogP contribution is -2.08. The van der Waals surface area contributed by atoms with E-state index in [2.05, 4.69) is 17.1 Å². The normalized spacial score (nSPS) is 10.6. The van der Waals surface area contributed by atoms with Crippen molar-refractivity contribution in [2.45, 2.75) is 20.0 Å². The van der Waals surface area contributed by atoms with Gasteiger partial charge in [-0.3, -0.25) is 4.79 Å². The maximum absolute atomic E-state index is 12.3. The molecule has 0 N–H and O–H groups in total. The molecule has 0 bridgehead atoms. The number of ether oxygens (including phenoxy) is 2. The Morgan fingerprint density at radius 3 is 2.39 bits per heavy atom. The van der Waals surface area contributed by atoms with E-state index >= 15 is 0 Å². The summed E-state index contributed by atoms with van der Waals surface area (Å²) in [7, 11) is 0. The molecule has 0 unspecified atom stereocenters. The molecule has 0 amide bonds. The SMILES string of the molecule is CCOc1ccccc1-c1nc(CC(=O)OCc2ccc(-c3ccccc3)cc2)cs1. The quantitative estimate of drug-likeness (QED) is 0.315. The third kappa shape index (κ3) is 5.38. The topological polar surface area (TPSA) is 48.4 Å². The van der Waals surface area contributed by atoms with E-state index in [1.165, 1.54) is 11.3 Å². The number of hydrogen-bond donors (Lipinski definition) is 0. The van der Waals surface area contributed by atoms with E-state index in [1.807, 2.05) is 79.0 Å². The number of benzene rings is 3. The summed E-state index contributed by atoms with van der Waals surface area (Å²) in [6.45, 7) is 2.79. The number of hydrogen-bond acceptors (Lipinski definition) is 5. The number of rotatable bonds is 8. The highest BCUT2D eigenvalue weighted by molar-refractivity contribution is 7.13. The Morgan fingerprint density at radius 2 is 1.61 bits per heavy atom. The number of para-hydroxylation sites is 1. The van der Waals surface area contributed by atoms with Crippen molar-refractivity contribution < 1.29 is 14.3 Å². The molecule has 156 valence electrons. The fourth-order valence-corrected chi connectivity index (χ4v) is 4.07. The van der Waals surface area contributed by atoms with E-state index in [1.54, 1.807) is 0 Å². The number of thiazole rings is 1. The van der Waals surface area contributed by atoms with Crippen LogP contribution < -0.4 is 4.74 Å². The molecule has 4 nitrogen and oxygen atoms in total. The molecule has 0 saturated carbocycles. The van der Waals surface area contributed by atoms with Gasteiger partial charge in [-0.15, -0.1) is 11.3 Å². The molecule has 31 heavy (non-hydrogen) atoms. The summed E-state index contributed by atoms with van der Waals surface area (Å²) in [5.74, 6) is 0.509. The molecule has 0 atom stereocenters. The molecule has 0 spiro atoms. The van der Waals surface area contributed by atoms with Gasteiger partial charge in [0.15, 0.2) is 0 Å². The van der Waals surface area contributed by atoms with Crippen molar-refractivity contribution in [2.24, 2.45) is 0 Å². The summed E-state index contributed by atoms with van der Waals surface area (Å²) < 4.78 is 11.1. The highest BCUT2D eigenvalue weighted by Gasteiger charge is 2.13. The first-order valence-corrected chi connectivity index (χ1v) is 11.1. The van der Waals surface area contributed by atoms with Crippen molar-refractivity contribution in [1.82, 2.24) is 4.98 Å². The van der Waals surface area contributed by atoms with Crippen LogP contribution in [0.1, 0.15) is 18.2 Å². The average Bonchev–Trinajstić information content (AvgIpc) is 3.27. The average molecular weight is 430 g/mol. The lowest BCUT2D eigenvalue weighted by atomic mass is 10.0. The van der Waals surface area contributed by atoms with Crippen molar-refractivity contribution in [3.8, 4) is 27.4 Å². The first kappa shape index (κ1) is 20.8. The molecule has 0 radical (unpaired) electrons. The van der Waals surface area contributed by atoms with E-state index in [0.717, 1.165) is 33.0 Å². The molecule has 0 aliphatic carbocycles. The van der Waals surface area contributed by atoms with Crippen LogP contribution in [0.3, 0.4) is 0 Å². The molecule has 4 rings (SSSR count). The third-order valence-electron chi connectivity index (χ3n) is 4.76. The Balaban J connectivity index is 1.34. The first-order valence-electron chi connectivity index (χ1n) is 10.2. The van der Waals surface area contributed by atoms with E-state index in [4.69, 9.17) is 9.47 Å². The summed E-state index contributed by atoms with van der Waals surface area (Å²) in [4.78, 5) is 16.9. The van der Waals surface area contributed by atoms with Gasteiger partial charge in [-0.25, -0.2) is 4.98 Å². The van der Waals surface area contributed by atoms with E-state index in [0.29, 0.717) is 12.3 Å². The molecule has 1 aromatic heterocycles. The fraction of sp³-hybridized carbons (Fsp3) is 0.154. The minimum absolute atomic E-state index is 0.148. The molecule has 3 aromatic carbocycles. The summed E-state index contributed by atoms with van der Waals surface area (Å²) in [5.41, 5.74) is 4.90. The Hall–Kier alpha value is -3.44. The Labute approximate surface area is 186 Å². The zero-order valence-electron chi connectivity index (χ0n) is 17.3. The highest BCUT2D eigenvalue weighted by Crippen LogP contribution is 2.32. The van der Waals surface area contributed by atoms with Gasteiger partial charge in [-0.05, 0) is 35.7 Å². The predicted molar refractivity (Wildman–Crippen MR) is 124 cm³/mol. The van der Waals surface area contributed by atoms with E-state index in [-0.39, 0.29) is 19.0 Å². The third-order valence-corrected chi connectivity index (χ3v) is 5.68. The van der Waals surface area contributed by atoms with Gasteiger partial charge >= 0.3 is 5.97 Å². The van der Waals surface area contributed by atoms with Crippen molar-refractivity contribution in [3.05, 3.63) is 95.5 Å². The second-order valence-corrected chi connectivity index (χ2v) is 7.83. The summed E-state index contributed by atoms with van der Waals surface area (Å²) >= 11 is 1.50. The van der Waals surface area contributed by atoms with Gasteiger partial charge in [-0.2, -0.15) is 0 Å². The van der Waals surface area contributed by atoms with Gasteiger partial charge in [0.1, 0.15) is 17.4 Å². The van der Waals surface area contributed by atoms with E-state index in [9.17, 15) is 4.79 Å². The highest BCUT2D eigenvalue weighted by atomic mass is 32.1. The monoisotopic (exact) mass is 429 g/mol. The van der Waals surface area contributed by atoms with Gasteiger partial charge in [0.25, 0.3) is 0 Å². The van der Waals surface area contributed by atoms with E-state index < -0.39 is 0 Å². The molecular formula is C26H23NO3S. The lowest BCUT2D eigenvalue weighted by Gasteiger charge is -2.07. The lowest BCUT2D eigenvalue weighted by molar-refractivity contribution is -0.144. The summed E-state index contributed by atoms with van der Waals surface area (Å²) in [6, 6.07) is 26.0. The Kier molecular flexibility index (Phi) is 6.75. The zero-order chi connectivity index (χ0) is 21.5. The van der Waals surface area contributed by atoms with Crippen molar-refractivity contribution >= 4 is 17.3 Å². The minimum Gasteiger partial charge on any atom is -0.493 e. The zero-order valence-corrected chi connectivity index (χ0v) is 18.1. The van der Waals surface area contributed by atoms with Crippen molar-refractivity contribution in [1.29, 1.82) is 0 Å². The van der Waals surface area contributed by atoms with Gasteiger partial charge in [0.05, 0.1) is 24.3 Å². The molecule has 5 heteroatoms. The maximum atomic E-state index is 12.3. The largest absolute Gasteiger partial charge is 0.493 e. The van der Waals surface area contributed by atoms with Crippen molar-refractivity contribution in [3.63, 3.8) is 0 Å². The Bertz CT molecular complexity index is 1140. The maximum Gasteiger partial charge on any atom is 0.312 e. The second kappa shape index (κ2) is 10.0. The number of esters is 1. The molecular weight excluding hydrogens is 406 g/mol. The second-order valence-electron chi connectivity index (χ2n) is 6.97. The summed E-state index contributed by atoms with van der Waals surface area (Å²) in [5, 5.41) is 2.73. The van der Waals surface area contributed by atoms with Crippen LogP contribution in [0.5, 0.6) is 5.75 Å². The Morgan fingerprint density at radius 1 is 0.903 bits per heavy atom. The van der Waals surface area contributed by atoms with Gasteiger partial charge in [0, 0.05) is 5.38 Å². The van der Waals surface area contributed by atoms with Crippen LogP contribution in [-0.2, 0) is 22.6 Å². The van der Waals surface area contributed by atoms with Crippen LogP contribution in [0.2, 0.25) is 0 Å². The minimum atomic E-state index is -0.290. The number of aromatic nitrogens is 1. The van der Waals surface area contributed by atoms with Crippen LogP contribution in [0.25, 0.3) is 21.7 Å². The van der Waals surface area contributed by atoms with Crippen LogP contribution in [0.4, 0.5) is 0 Å². The van der Waals surface area contributed by atoms with Gasteiger partial charge in [0.2, 0.25) is 0 Å². The number of nitrogens with zero attached hydrogens (tertiary/aromatic N) is 1. The summed E-state index contributed by atoms with van der Waals surface area (Å²) in [6.07, 6.45) is 0.148. The first-order chi connectivity index (χ1) is 15.2. The van der Waals surface area contributed by atoms with Gasteiger partial charge < -0.3 is 9.47 Å². The molecule has 0 fully saturated rings. The fourth-order valence-electron chi connectivity index (χ4n) is 3.22. The number of carbonyl (C=O) groups excluding carboxylic acids is 1. The molecule has 1 heterocycles. The molecule has 0 aliphatic heterocycles. The molecule has 4 aromatic rings. The predicted octanol–water partition coefficient (Wildman–Crippen LogP) is 6.16. The standard InChI is InChI=1S/C26H23NO3S/c1-2-29-24-11-7-6-10-23(24)26-27-22(18-31-26)16-25(28)30-17-19-12-14-21(15-13-19)20-8-4-3-5-9-20/h3-15,18H,2,16-17H2,1H3. The van der Waals surface area contributed by atoms with Gasteiger partial charge in [-0.1, -0.05) is 66.7 Å². The van der Waals surface area contributed by atoms with Crippen molar-refractivity contribution in [2.75, 3.05) is 6.61 Å². The molecule has 0 saturated heterocycles. The molecule has 0 aliphatic rings. The van der Waals surface area contributed by atoms with Crippen LogP contribution in [0.15, 0.2) is 84.2 Å². The van der Waals surface area contributed by atoms with Crippen LogP contribution in [0, 0.1) is 0 Å².